The minimum atomic E-state index is -4.06. The molecule has 0 fully saturated rings. The Morgan fingerprint density at radius 2 is 0.955 bits per heavy atom. The number of rotatable bonds is 15. The first-order valence-electron chi connectivity index (χ1n) is 20.6. The highest BCUT2D eigenvalue weighted by atomic mass is 31.2. The molecule has 16 nitrogen and oxygen atoms in total. The standard InChI is InChI=1S/C23H33FNO5P.C22H29FNO7P.CO2/c1-9-19-16(2)12-13-25(21(19)26)18-10-11-20(24)17(14-18)15-28-31(27,29-22(3,4)5)30-23(6,7)8;1-15-10-11-24(20(26)19(15)28-14-25)17-8-9-18(23)16(12-17)13-29-32(27,30-21(2,3)4)31-22(5,6)7;2-1-3/h10-14H,9,15H2,1-8H3;8-12,14H,13H2,1-7H3;. The molecular weight excluding hydrogens is 904 g/mol. The molecule has 0 aliphatic heterocycles. The molecule has 20 heteroatoms. The Morgan fingerprint density at radius 1 is 0.606 bits per heavy atom. The maximum absolute atomic E-state index is 14.5. The minimum absolute atomic E-state index is 0.0306. The number of benzene rings is 2. The SMILES string of the molecule is CCc1c(C)ccn(-c2ccc(F)c(COP(=O)(OC(C)(C)C)OC(C)(C)C)c2)c1=O.Cc1ccn(-c2ccc(F)c(COP(=O)(OC(C)(C)C)OC(C)(C)C)c2)c(=O)c1OC=O.O=C=O. The number of carbonyl (C=O) groups is 1. The van der Waals surface area contributed by atoms with Crippen molar-refractivity contribution in [2.75, 3.05) is 0 Å². The molecule has 0 saturated carbocycles. The molecular formula is C46H62F2N2O14P2. The van der Waals surface area contributed by atoms with E-state index in [9.17, 15) is 32.3 Å². The van der Waals surface area contributed by atoms with Gasteiger partial charge in [-0.25, -0.2) is 17.9 Å². The van der Waals surface area contributed by atoms with Crippen molar-refractivity contribution >= 4 is 28.3 Å². The Balaban J connectivity index is 0.000000428. The summed E-state index contributed by atoms with van der Waals surface area (Å²) in [7, 11) is -8.06. The first-order chi connectivity index (χ1) is 30.2. The number of pyridine rings is 2. The summed E-state index contributed by atoms with van der Waals surface area (Å²) in [5.41, 5.74) is -0.981. The fourth-order valence-electron chi connectivity index (χ4n) is 5.73. The Kier molecular flexibility index (Phi) is 20.3. The van der Waals surface area contributed by atoms with E-state index in [2.05, 4.69) is 0 Å². The normalized spacial score (nSPS) is 12.3. The van der Waals surface area contributed by atoms with Crippen LogP contribution >= 0.6 is 15.6 Å². The summed E-state index contributed by atoms with van der Waals surface area (Å²) in [4.78, 5) is 52.4. The zero-order valence-corrected chi connectivity index (χ0v) is 42.0. The zero-order chi connectivity index (χ0) is 50.6. The number of hydrogen-bond donors (Lipinski definition) is 0. The van der Waals surface area contributed by atoms with Gasteiger partial charge in [0.1, 0.15) is 11.6 Å². The molecule has 2 heterocycles. The van der Waals surface area contributed by atoms with Gasteiger partial charge >= 0.3 is 21.8 Å². The molecule has 2 aromatic heterocycles. The first-order valence-corrected chi connectivity index (χ1v) is 23.5. The van der Waals surface area contributed by atoms with Gasteiger partial charge in [-0.1, -0.05) is 6.92 Å². The maximum Gasteiger partial charge on any atom is 0.476 e. The lowest BCUT2D eigenvalue weighted by molar-refractivity contribution is -0.191. The summed E-state index contributed by atoms with van der Waals surface area (Å²) in [5.74, 6) is -1.31. The van der Waals surface area contributed by atoms with Crippen LogP contribution in [0, 0.1) is 25.5 Å². The second kappa shape index (κ2) is 23.3. The number of phosphoric acid groups is 2. The minimum Gasteiger partial charge on any atom is -0.423 e. The molecule has 0 saturated heterocycles. The largest absolute Gasteiger partial charge is 0.476 e. The molecule has 66 heavy (non-hydrogen) atoms. The Morgan fingerprint density at radius 3 is 1.29 bits per heavy atom. The molecule has 2 aromatic carbocycles. The lowest BCUT2D eigenvalue weighted by Crippen LogP contribution is -2.25. The van der Waals surface area contributed by atoms with Gasteiger partial charge in [-0.2, -0.15) is 9.59 Å². The average molecular weight is 967 g/mol. The van der Waals surface area contributed by atoms with Crippen LogP contribution in [0.3, 0.4) is 0 Å². The number of nitrogens with zero attached hydrogens (tertiary/aromatic N) is 2. The van der Waals surface area contributed by atoms with E-state index in [-0.39, 0.29) is 41.7 Å². The number of halogens is 2. The molecule has 364 valence electrons. The Labute approximate surface area is 384 Å². The van der Waals surface area contributed by atoms with Crippen LogP contribution in [0.1, 0.15) is 118 Å². The van der Waals surface area contributed by atoms with Gasteiger partial charge in [0.2, 0.25) is 0 Å². The van der Waals surface area contributed by atoms with Crippen molar-refractivity contribution < 1.29 is 64.2 Å². The highest BCUT2D eigenvalue weighted by molar-refractivity contribution is 7.48. The molecule has 4 rings (SSSR count). The lowest BCUT2D eigenvalue weighted by Gasteiger charge is -2.31. The molecule has 0 aliphatic carbocycles. The van der Waals surface area contributed by atoms with Crippen LogP contribution in [-0.4, -0.2) is 44.2 Å². The van der Waals surface area contributed by atoms with Crippen molar-refractivity contribution in [1.29, 1.82) is 0 Å². The lowest BCUT2D eigenvalue weighted by atomic mass is 10.1. The van der Waals surface area contributed by atoms with Crippen molar-refractivity contribution in [1.82, 2.24) is 9.13 Å². The van der Waals surface area contributed by atoms with Crippen LogP contribution in [0.5, 0.6) is 5.75 Å². The number of ether oxygens (including phenoxy) is 1. The van der Waals surface area contributed by atoms with Crippen LogP contribution < -0.4 is 15.9 Å². The smallest absolute Gasteiger partial charge is 0.423 e. The van der Waals surface area contributed by atoms with Gasteiger partial charge in [0.15, 0.2) is 5.75 Å². The monoisotopic (exact) mass is 966 g/mol. The van der Waals surface area contributed by atoms with Gasteiger partial charge in [0.25, 0.3) is 17.6 Å². The maximum atomic E-state index is 14.5. The fourth-order valence-corrected chi connectivity index (χ4v) is 9.29. The summed E-state index contributed by atoms with van der Waals surface area (Å²) in [6.07, 6.45) is 3.98. The molecule has 0 aliphatic rings. The summed E-state index contributed by atoms with van der Waals surface area (Å²) < 4.78 is 96.1. The van der Waals surface area contributed by atoms with Gasteiger partial charge in [-0.15, -0.1) is 0 Å². The van der Waals surface area contributed by atoms with Crippen LogP contribution in [-0.2, 0) is 70.3 Å². The van der Waals surface area contributed by atoms with E-state index in [4.69, 9.17) is 41.5 Å². The van der Waals surface area contributed by atoms with Crippen LogP contribution in [0.15, 0.2) is 70.5 Å². The summed E-state index contributed by atoms with van der Waals surface area (Å²) in [6.45, 7) is 25.3. The van der Waals surface area contributed by atoms with E-state index >= 15 is 0 Å². The quantitative estimate of drug-likeness (QED) is 0.0806. The topological polar surface area (TPSA) is 194 Å². The predicted molar refractivity (Wildman–Crippen MR) is 243 cm³/mol. The van der Waals surface area contributed by atoms with Crippen LogP contribution in [0.25, 0.3) is 11.4 Å². The number of hydrogen-bond acceptors (Lipinski definition) is 14. The number of aromatic nitrogens is 2. The molecule has 0 amide bonds. The third-order valence-electron chi connectivity index (χ3n) is 8.10. The molecule has 0 spiro atoms. The summed E-state index contributed by atoms with van der Waals surface area (Å²) >= 11 is 0. The van der Waals surface area contributed by atoms with Gasteiger partial charge in [-0.3, -0.25) is 50.7 Å². The number of carbonyl (C=O) groups excluding carboxylic acids is 3. The zero-order valence-electron chi connectivity index (χ0n) is 40.2. The van der Waals surface area contributed by atoms with Crippen molar-refractivity contribution in [3.8, 4) is 17.1 Å². The Hall–Kier alpha value is -4.73. The van der Waals surface area contributed by atoms with Crippen LogP contribution in [0.2, 0.25) is 0 Å². The Bertz CT molecular complexity index is 2520. The van der Waals surface area contributed by atoms with Gasteiger partial charge in [0.05, 0.1) is 35.6 Å². The van der Waals surface area contributed by atoms with E-state index in [1.54, 1.807) is 102 Å². The molecule has 0 radical (unpaired) electrons. The predicted octanol–water partition coefficient (Wildman–Crippen LogP) is 10.6. The van der Waals surface area contributed by atoms with Gasteiger partial charge < -0.3 is 4.74 Å². The van der Waals surface area contributed by atoms with Crippen molar-refractivity contribution in [3.05, 3.63) is 121 Å². The average Bonchev–Trinajstić information content (AvgIpc) is 3.14. The van der Waals surface area contributed by atoms with E-state index in [1.165, 1.54) is 45.7 Å². The van der Waals surface area contributed by atoms with Gasteiger partial charge in [0, 0.05) is 40.5 Å². The van der Waals surface area contributed by atoms with Crippen molar-refractivity contribution in [3.63, 3.8) is 0 Å². The number of phosphoric ester groups is 2. The van der Waals surface area contributed by atoms with Crippen LogP contribution in [0.4, 0.5) is 8.78 Å². The molecule has 0 atom stereocenters. The number of aryl methyl sites for hydroxylation is 2. The van der Waals surface area contributed by atoms with E-state index in [1.807, 2.05) is 19.9 Å². The highest BCUT2D eigenvalue weighted by Crippen LogP contribution is 2.57. The van der Waals surface area contributed by atoms with Gasteiger partial charge in [-0.05, 0) is 163 Å². The van der Waals surface area contributed by atoms with Crippen molar-refractivity contribution in [2.24, 2.45) is 0 Å². The fraction of sp³-hybridized carbons (Fsp3) is 0.478. The third kappa shape index (κ3) is 18.5. The highest BCUT2D eigenvalue weighted by Gasteiger charge is 2.39. The second-order valence-corrected chi connectivity index (χ2v) is 21.6. The molecule has 0 N–H and O–H groups in total. The van der Waals surface area contributed by atoms with E-state index in [0.29, 0.717) is 28.9 Å². The second-order valence-electron chi connectivity index (χ2n) is 18.6. The summed E-state index contributed by atoms with van der Waals surface area (Å²) in [6, 6.07) is 11.6. The van der Waals surface area contributed by atoms with Crippen molar-refractivity contribution in [2.45, 2.75) is 146 Å². The summed E-state index contributed by atoms with van der Waals surface area (Å²) in [5, 5.41) is 0. The third-order valence-corrected chi connectivity index (χ3v) is 12.1. The van der Waals surface area contributed by atoms with E-state index < -0.39 is 61.9 Å². The molecule has 0 unspecified atom stereocenters. The van der Waals surface area contributed by atoms with E-state index in [0.717, 1.165) is 11.6 Å². The first kappa shape index (κ1) is 57.4. The molecule has 4 aromatic rings. The molecule has 0 bridgehead atoms.